The van der Waals surface area contributed by atoms with Gasteiger partial charge in [0.05, 0.1) is 0 Å². The minimum atomic E-state index is 0.508. The van der Waals surface area contributed by atoms with Crippen LogP contribution in [0.15, 0.2) is 6.07 Å². The van der Waals surface area contributed by atoms with Gasteiger partial charge >= 0.3 is 0 Å². The van der Waals surface area contributed by atoms with E-state index in [0.717, 1.165) is 25.1 Å². The predicted octanol–water partition coefficient (Wildman–Crippen LogP) is 3.15. The standard InChI is InChI=1S/C11H18ClN3/c1-4-9-7-10(12)15-11(14-9)13-6-5-8(2)3/h7-8H,4-6H2,1-3H3,(H,13,14,15). The van der Waals surface area contributed by atoms with Gasteiger partial charge in [-0.1, -0.05) is 32.4 Å². The third-order valence-corrected chi connectivity index (χ3v) is 2.31. The fraction of sp³-hybridized carbons (Fsp3) is 0.636. The SMILES string of the molecule is CCc1cc(Cl)nc(NCCC(C)C)n1. The molecule has 0 atom stereocenters. The highest BCUT2D eigenvalue weighted by atomic mass is 35.5. The second-order valence-electron chi connectivity index (χ2n) is 3.97. The Morgan fingerprint density at radius 2 is 2.13 bits per heavy atom. The van der Waals surface area contributed by atoms with Crippen LogP contribution in [0.25, 0.3) is 0 Å². The van der Waals surface area contributed by atoms with Crippen molar-refractivity contribution in [1.82, 2.24) is 9.97 Å². The number of hydrogen-bond acceptors (Lipinski definition) is 3. The average Bonchev–Trinajstić information content (AvgIpc) is 2.16. The van der Waals surface area contributed by atoms with Crippen LogP contribution in [0.2, 0.25) is 5.15 Å². The Morgan fingerprint density at radius 1 is 1.40 bits per heavy atom. The summed E-state index contributed by atoms with van der Waals surface area (Å²) in [5.41, 5.74) is 0.974. The molecule has 0 saturated heterocycles. The molecule has 0 unspecified atom stereocenters. The number of anilines is 1. The molecule has 0 aliphatic heterocycles. The van der Waals surface area contributed by atoms with Crippen LogP contribution in [-0.4, -0.2) is 16.5 Å². The quantitative estimate of drug-likeness (QED) is 0.786. The molecule has 4 heteroatoms. The molecule has 0 radical (unpaired) electrons. The first-order valence-corrected chi connectivity index (χ1v) is 5.77. The summed E-state index contributed by atoms with van der Waals surface area (Å²) in [5, 5.41) is 3.69. The largest absolute Gasteiger partial charge is 0.354 e. The lowest BCUT2D eigenvalue weighted by Crippen LogP contribution is -2.08. The monoisotopic (exact) mass is 227 g/mol. The molecule has 0 aromatic carbocycles. The smallest absolute Gasteiger partial charge is 0.224 e. The van der Waals surface area contributed by atoms with Crippen molar-refractivity contribution in [2.45, 2.75) is 33.6 Å². The summed E-state index contributed by atoms with van der Waals surface area (Å²) in [6, 6.07) is 1.80. The third-order valence-electron chi connectivity index (χ3n) is 2.11. The van der Waals surface area contributed by atoms with Gasteiger partial charge in [0.15, 0.2) is 0 Å². The Labute approximate surface area is 96.3 Å². The van der Waals surface area contributed by atoms with Crippen LogP contribution in [0, 0.1) is 5.92 Å². The van der Waals surface area contributed by atoms with E-state index in [-0.39, 0.29) is 0 Å². The second kappa shape index (κ2) is 5.91. The lowest BCUT2D eigenvalue weighted by molar-refractivity contribution is 0.605. The Morgan fingerprint density at radius 3 is 2.73 bits per heavy atom. The summed E-state index contributed by atoms with van der Waals surface area (Å²) in [6.07, 6.45) is 1.98. The van der Waals surface area contributed by atoms with E-state index in [1.807, 2.05) is 0 Å². The first-order valence-electron chi connectivity index (χ1n) is 5.39. The van der Waals surface area contributed by atoms with Crippen LogP contribution in [0.5, 0.6) is 0 Å². The van der Waals surface area contributed by atoms with Crippen molar-refractivity contribution >= 4 is 17.5 Å². The van der Waals surface area contributed by atoms with E-state index in [9.17, 15) is 0 Å². The Balaban J connectivity index is 2.56. The second-order valence-corrected chi connectivity index (χ2v) is 4.36. The highest BCUT2D eigenvalue weighted by Gasteiger charge is 2.01. The van der Waals surface area contributed by atoms with E-state index in [1.165, 1.54) is 0 Å². The molecule has 0 amide bonds. The van der Waals surface area contributed by atoms with Gasteiger partial charge in [0.2, 0.25) is 5.95 Å². The summed E-state index contributed by atoms with van der Waals surface area (Å²) in [5.74, 6) is 1.32. The number of aryl methyl sites for hydroxylation is 1. The van der Waals surface area contributed by atoms with E-state index in [0.29, 0.717) is 17.0 Å². The van der Waals surface area contributed by atoms with Crippen molar-refractivity contribution in [1.29, 1.82) is 0 Å². The number of nitrogens with one attached hydrogen (secondary N) is 1. The number of nitrogens with zero attached hydrogens (tertiary/aromatic N) is 2. The van der Waals surface area contributed by atoms with Crippen LogP contribution < -0.4 is 5.32 Å². The molecule has 0 aliphatic rings. The molecular weight excluding hydrogens is 210 g/mol. The van der Waals surface area contributed by atoms with Crippen molar-refractivity contribution < 1.29 is 0 Å². The Kier molecular flexibility index (Phi) is 4.82. The van der Waals surface area contributed by atoms with Crippen molar-refractivity contribution in [2.75, 3.05) is 11.9 Å². The molecule has 0 spiro atoms. The number of rotatable bonds is 5. The van der Waals surface area contributed by atoms with Gasteiger partial charge in [0.1, 0.15) is 5.15 Å². The minimum absolute atomic E-state index is 0.508. The first kappa shape index (κ1) is 12.2. The van der Waals surface area contributed by atoms with Gasteiger partial charge in [-0.05, 0) is 24.8 Å². The van der Waals surface area contributed by atoms with E-state index < -0.39 is 0 Å². The molecule has 1 rings (SSSR count). The zero-order valence-electron chi connectivity index (χ0n) is 9.55. The molecule has 15 heavy (non-hydrogen) atoms. The van der Waals surface area contributed by atoms with Gasteiger partial charge in [0, 0.05) is 12.2 Å². The average molecular weight is 228 g/mol. The minimum Gasteiger partial charge on any atom is -0.354 e. The van der Waals surface area contributed by atoms with E-state index in [2.05, 4.69) is 36.1 Å². The van der Waals surface area contributed by atoms with Gasteiger partial charge in [0.25, 0.3) is 0 Å². The van der Waals surface area contributed by atoms with Crippen LogP contribution in [0.1, 0.15) is 32.9 Å². The number of hydrogen-bond donors (Lipinski definition) is 1. The lowest BCUT2D eigenvalue weighted by Gasteiger charge is -2.08. The van der Waals surface area contributed by atoms with Gasteiger partial charge in [-0.15, -0.1) is 0 Å². The van der Waals surface area contributed by atoms with Gasteiger partial charge in [-0.25, -0.2) is 9.97 Å². The molecule has 1 aromatic rings. The highest BCUT2D eigenvalue weighted by molar-refractivity contribution is 6.29. The molecule has 3 nitrogen and oxygen atoms in total. The maximum absolute atomic E-state index is 5.88. The van der Waals surface area contributed by atoms with Crippen molar-refractivity contribution in [3.05, 3.63) is 16.9 Å². The van der Waals surface area contributed by atoms with E-state index >= 15 is 0 Å². The molecule has 0 fully saturated rings. The van der Waals surface area contributed by atoms with Gasteiger partial charge in [-0.3, -0.25) is 0 Å². The van der Waals surface area contributed by atoms with E-state index in [4.69, 9.17) is 11.6 Å². The van der Waals surface area contributed by atoms with Crippen molar-refractivity contribution in [3.63, 3.8) is 0 Å². The van der Waals surface area contributed by atoms with Crippen molar-refractivity contribution in [3.8, 4) is 0 Å². The number of halogens is 1. The third kappa shape index (κ3) is 4.47. The molecule has 1 N–H and O–H groups in total. The molecule has 0 aliphatic carbocycles. The van der Waals surface area contributed by atoms with Crippen LogP contribution in [0.3, 0.4) is 0 Å². The van der Waals surface area contributed by atoms with Gasteiger partial charge < -0.3 is 5.32 Å². The zero-order chi connectivity index (χ0) is 11.3. The fourth-order valence-electron chi connectivity index (χ4n) is 1.20. The molecule has 1 heterocycles. The maximum Gasteiger partial charge on any atom is 0.224 e. The highest BCUT2D eigenvalue weighted by Crippen LogP contribution is 2.11. The molecule has 84 valence electrons. The zero-order valence-corrected chi connectivity index (χ0v) is 10.3. The summed E-state index contributed by atoms with van der Waals surface area (Å²) < 4.78 is 0. The first-order chi connectivity index (χ1) is 7.11. The summed E-state index contributed by atoms with van der Waals surface area (Å²) >= 11 is 5.88. The van der Waals surface area contributed by atoms with Crippen molar-refractivity contribution in [2.24, 2.45) is 5.92 Å². The lowest BCUT2D eigenvalue weighted by atomic mass is 10.1. The summed E-state index contributed by atoms with van der Waals surface area (Å²) in [6.45, 7) is 7.33. The fourth-order valence-corrected chi connectivity index (χ4v) is 1.40. The normalized spacial score (nSPS) is 10.7. The molecular formula is C11H18ClN3. The van der Waals surface area contributed by atoms with Gasteiger partial charge in [-0.2, -0.15) is 0 Å². The molecule has 1 aromatic heterocycles. The Hall–Kier alpha value is -0.830. The van der Waals surface area contributed by atoms with Crippen LogP contribution >= 0.6 is 11.6 Å². The molecule has 0 saturated carbocycles. The summed E-state index contributed by atoms with van der Waals surface area (Å²) in [4.78, 5) is 8.46. The predicted molar refractivity (Wildman–Crippen MR) is 64.4 cm³/mol. The molecule has 0 bridgehead atoms. The van der Waals surface area contributed by atoms with Crippen LogP contribution in [0.4, 0.5) is 5.95 Å². The maximum atomic E-state index is 5.88. The van der Waals surface area contributed by atoms with E-state index in [1.54, 1.807) is 6.07 Å². The summed E-state index contributed by atoms with van der Waals surface area (Å²) in [7, 11) is 0. The van der Waals surface area contributed by atoms with Crippen LogP contribution in [-0.2, 0) is 6.42 Å². The Bertz CT molecular complexity index is 313. The topological polar surface area (TPSA) is 37.8 Å². The number of aromatic nitrogens is 2.